The smallest absolute Gasteiger partial charge is 0.407 e. The summed E-state index contributed by atoms with van der Waals surface area (Å²) < 4.78 is 30.3. The molecule has 0 spiro atoms. The van der Waals surface area contributed by atoms with Crippen LogP contribution in [0.15, 0.2) is 0 Å². The van der Waals surface area contributed by atoms with Crippen molar-refractivity contribution in [3.63, 3.8) is 0 Å². The summed E-state index contributed by atoms with van der Waals surface area (Å²) in [5.41, 5.74) is 0. The highest BCUT2D eigenvalue weighted by Crippen LogP contribution is 2.24. The summed E-state index contributed by atoms with van der Waals surface area (Å²) in [6, 6.07) is -1.17. The number of nitrogens with one attached hydrogen (secondary N) is 2. The summed E-state index contributed by atoms with van der Waals surface area (Å²) in [7, 11) is 1.14. The summed E-state index contributed by atoms with van der Waals surface area (Å²) in [4.78, 5) is 10.7. The second kappa shape index (κ2) is 3.87. The number of rotatable bonds is 1. The molecular weight excluding hydrogens is 182 g/mol. The van der Waals surface area contributed by atoms with Gasteiger partial charge in [-0.15, -0.1) is 0 Å². The minimum absolute atomic E-state index is 0.0715. The largest absolute Gasteiger partial charge is 0.453 e. The molecule has 13 heavy (non-hydrogen) atoms. The van der Waals surface area contributed by atoms with Gasteiger partial charge in [0.05, 0.1) is 7.11 Å². The Balaban J connectivity index is 2.51. The third kappa shape index (κ3) is 2.51. The number of carbonyl (C=O) groups excluding carboxylic acids is 1. The first-order valence-electron chi connectivity index (χ1n) is 3.99. The Labute approximate surface area is 74.6 Å². The zero-order chi connectivity index (χ0) is 9.90. The van der Waals surface area contributed by atoms with Crippen LogP contribution in [0.1, 0.15) is 6.42 Å². The van der Waals surface area contributed by atoms with E-state index >= 15 is 0 Å². The van der Waals surface area contributed by atoms with Gasteiger partial charge in [0.15, 0.2) is 0 Å². The third-order valence-corrected chi connectivity index (χ3v) is 1.97. The lowest BCUT2D eigenvalue weighted by Crippen LogP contribution is -2.57. The molecule has 1 rings (SSSR count). The minimum atomic E-state index is -2.85. The number of methoxy groups -OCH3 is 1. The molecule has 0 bridgehead atoms. The Bertz CT molecular complexity index is 199. The van der Waals surface area contributed by atoms with Gasteiger partial charge in [-0.05, 0) is 0 Å². The number of hydrogen-bond donors (Lipinski definition) is 2. The van der Waals surface area contributed by atoms with Crippen LogP contribution in [0.4, 0.5) is 13.6 Å². The molecule has 76 valence electrons. The van der Waals surface area contributed by atoms with E-state index in [0.717, 1.165) is 7.11 Å². The van der Waals surface area contributed by atoms with E-state index in [-0.39, 0.29) is 19.5 Å². The fourth-order valence-corrected chi connectivity index (χ4v) is 1.18. The van der Waals surface area contributed by atoms with Gasteiger partial charge in [-0.25, -0.2) is 13.6 Å². The lowest BCUT2D eigenvalue weighted by Gasteiger charge is -2.31. The van der Waals surface area contributed by atoms with E-state index < -0.39 is 18.1 Å². The fourth-order valence-electron chi connectivity index (χ4n) is 1.18. The topological polar surface area (TPSA) is 50.4 Å². The fraction of sp³-hybridized carbons (Fsp3) is 0.857. The second-order valence-electron chi connectivity index (χ2n) is 2.90. The van der Waals surface area contributed by atoms with Crippen molar-refractivity contribution in [1.82, 2.24) is 10.6 Å². The molecule has 4 nitrogen and oxygen atoms in total. The van der Waals surface area contributed by atoms with Crippen LogP contribution in [0.5, 0.6) is 0 Å². The maximum atomic E-state index is 13.1. The van der Waals surface area contributed by atoms with Crippen molar-refractivity contribution >= 4 is 6.09 Å². The summed E-state index contributed by atoms with van der Waals surface area (Å²) in [5.74, 6) is -2.85. The van der Waals surface area contributed by atoms with E-state index in [9.17, 15) is 13.6 Å². The second-order valence-corrected chi connectivity index (χ2v) is 2.90. The van der Waals surface area contributed by atoms with Gasteiger partial charge < -0.3 is 15.4 Å². The first-order valence-corrected chi connectivity index (χ1v) is 3.99. The average Bonchev–Trinajstić information content (AvgIpc) is 2.08. The average molecular weight is 194 g/mol. The predicted octanol–water partition coefficient (Wildman–Crippen LogP) is 0.340. The van der Waals surface area contributed by atoms with E-state index in [4.69, 9.17) is 0 Å². The lowest BCUT2D eigenvalue weighted by molar-refractivity contribution is -0.0552. The number of halogens is 2. The van der Waals surface area contributed by atoms with Crippen LogP contribution in [-0.2, 0) is 4.74 Å². The molecule has 1 heterocycles. The van der Waals surface area contributed by atoms with E-state index in [2.05, 4.69) is 15.4 Å². The summed E-state index contributed by atoms with van der Waals surface area (Å²) in [6.07, 6.45) is -1.09. The molecule has 1 unspecified atom stereocenters. The zero-order valence-electron chi connectivity index (χ0n) is 7.27. The molecule has 1 aliphatic rings. The Hall–Kier alpha value is -0.910. The molecule has 1 atom stereocenters. The molecule has 1 aliphatic heterocycles. The van der Waals surface area contributed by atoms with Crippen LogP contribution >= 0.6 is 0 Å². The first-order chi connectivity index (χ1) is 6.06. The summed E-state index contributed by atoms with van der Waals surface area (Å²) in [6.45, 7) is 0.342. The van der Waals surface area contributed by atoms with E-state index in [0.29, 0.717) is 0 Å². The summed E-state index contributed by atoms with van der Waals surface area (Å²) >= 11 is 0. The first kappa shape index (κ1) is 10.2. The van der Waals surface area contributed by atoms with Crippen molar-refractivity contribution in [1.29, 1.82) is 0 Å². The Morgan fingerprint density at radius 3 is 2.92 bits per heavy atom. The van der Waals surface area contributed by atoms with Crippen LogP contribution in [-0.4, -0.2) is 38.3 Å². The molecule has 0 radical (unpaired) electrons. The standard InChI is InChI=1S/C7H12F2N2O2/c1-13-6(12)11-5-4-10-3-2-7(5,8)9/h5,10H,2-4H2,1H3,(H,11,12). The Kier molecular flexibility index (Phi) is 3.02. The molecular formula is C7H12F2N2O2. The molecule has 0 aromatic carbocycles. The van der Waals surface area contributed by atoms with Crippen molar-refractivity contribution in [2.45, 2.75) is 18.4 Å². The van der Waals surface area contributed by atoms with Crippen molar-refractivity contribution < 1.29 is 18.3 Å². The number of carbonyl (C=O) groups is 1. The number of alkyl halides is 2. The SMILES string of the molecule is COC(=O)NC1CNCCC1(F)F. The molecule has 1 fully saturated rings. The normalized spacial score (nSPS) is 26.5. The van der Waals surface area contributed by atoms with Gasteiger partial charge in [0.2, 0.25) is 0 Å². The van der Waals surface area contributed by atoms with Crippen LogP contribution in [0.25, 0.3) is 0 Å². The van der Waals surface area contributed by atoms with Crippen molar-refractivity contribution in [2.24, 2.45) is 0 Å². The van der Waals surface area contributed by atoms with Crippen LogP contribution in [0.3, 0.4) is 0 Å². The number of hydrogen-bond acceptors (Lipinski definition) is 3. The number of alkyl carbamates (subject to hydrolysis) is 1. The van der Waals surface area contributed by atoms with Crippen molar-refractivity contribution in [2.75, 3.05) is 20.2 Å². The van der Waals surface area contributed by atoms with Gasteiger partial charge in [0.25, 0.3) is 5.92 Å². The molecule has 1 saturated heterocycles. The van der Waals surface area contributed by atoms with Gasteiger partial charge in [-0.3, -0.25) is 0 Å². The number of ether oxygens (including phenoxy) is 1. The Morgan fingerprint density at radius 2 is 2.38 bits per heavy atom. The zero-order valence-corrected chi connectivity index (χ0v) is 7.27. The van der Waals surface area contributed by atoms with Gasteiger partial charge in [-0.1, -0.05) is 0 Å². The van der Waals surface area contributed by atoms with Crippen LogP contribution in [0.2, 0.25) is 0 Å². The van der Waals surface area contributed by atoms with Crippen LogP contribution < -0.4 is 10.6 Å². The monoisotopic (exact) mass is 194 g/mol. The summed E-state index contributed by atoms with van der Waals surface area (Å²) in [5, 5.41) is 4.85. The quantitative estimate of drug-likeness (QED) is 0.632. The molecule has 6 heteroatoms. The number of piperidine rings is 1. The van der Waals surface area contributed by atoms with E-state index in [1.54, 1.807) is 0 Å². The van der Waals surface area contributed by atoms with Crippen LogP contribution in [0, 0.1) is 0 Å². The van der Waals surface area contributed by atoms with E-state index in [1.165, 1.54) is 0 Å². The maximum Gasteiger partial charge on any atom is 0.407 e. The predicted molar refractivity (Wildman–Crippen MR) is 41.8 cm³/mol. The van der Waals surface area contributed by atoms with Crippen molar-refractivity contribution in [3.8, 4) is 0 Å². The van der Waals surface area contributed by atoms with Gasteiger partial charge in [0.1, 0.15) is 6.04 Å². The van der Waals surface area contributed by atoms with Gasteiger partial charge >= 0.3 is 6.09 Å². The molecule has 0 saturated carbocycles. The highest BCUT2D eigenvalue weighted by Gasteiger charge is 2.42. The van der Waals surface area contributed by atoms with Gasteiger partial charge in [0, 0.05) is 19.5 Å². The molecule has 0 aliphatic carbocycles. The number of amides is 1. The van der Waals surface area contributed by atoms with E-state index in [1.807, 2.05) is 0 Å². The minimum Gasteiger partial charge on any atom is -0.453 e. The highest BCUT2D eigenvalue weighted by atomic mass is 19.3. The molecule has 2 N–H and O–H groups in total. The highest BCUT2D eigenvalue weighted by molar-refractivity contribution is 5.67. The molecule has 0 aromatic rings. The third-order valence-electron chi connectivity index (χ3n) is 1.97. The van der Waals surface area contributed by atoms with Crippen molar-refractivity contribution in [3.05, 3.63) is 0 Å². The van der Waals surface area contributed by atoms with Gasteiger partial charge in [-0.2, -0.15) is 0 Å². The Morgan fingerprint density at radius 1 is 1.69 bits per heavy atom. The maximum absolute atomic E-state index is 13.1. The molecule has 1 amide bonds. The lowest BCUT2D eigenvalue weighted by atomic mass is 10.0. The molecule has 0 aromatic heterocycles.